The molecule has 1 rings (SSSR count). The molecule has 9 heavy (non-hydrogen) atoms. The van der Waals surface area contributed by atoms with Crippen molar-refractivity contribution >= 4 is 15.9 Å². The maximum Gasteiger partial charge on any atom is 0.00600 e. The molecule has 1 aliphatic rings. The van der Waals surface area contributed by atoms with Crippen molar-refractivity contribution in [1.29, 1.82) is 0 Å². The third kappa shape index (κ3) is 1.49. The second-order valence-corrected chi connectivity index (χ2v) is 4.24. The normalized spacial score (nSPS) is 42.3. The first-order valence-corrected chi connectivity index (χ1v) is 4.88. The minimum Gasteiger partial charge on any atom is -0.0925 e. The summed E-state index contributed by atoms with van der Waals surface area (Å²) in [6.07, 6.45) is 4.24. The molecular weight excluding hydrogens is 176 g/mol. The smallest absolute Gasteiger partial charge is 0.00600 e. The summed E-state index contributed by atoms with van der Waals surface area (Å²) in [7, 11) is 0. The Morgan fingerprint density at radius 2 is 2.11 bits per heavy atom. The Balaban J connectivity index is 2.24. The maximum absolute atomic E-state index is 3.51. The lowest BCUT2D eigenvalue weighted by molar-refractivity contribution is 0.0874. The summed E-state index contributed by atoms with van der Waals surface area (Å²) < 4.78 is 0. The van der Waals surface area contributed by atoms with Crippen LogP contribution in [0.15, 0.2) is 0 Å². The second kappa shape index (κ2) is 2.61. The van der Waals surface area contributed by atoms with Gasteiger partial charge in [0.2, 0.25) is 0 Å². The van der Waals surface area contributed by atoms with Crippen LogP contribution in [0.3, 0.4) is 0 Å². The van der Waals surface area contributed by atoms with Gasteiger partial charge in [0, 0.05) is 5.33 Å². The van der Waals surface area contributed by atoms with Gasteiger partial charge in [0.15, 0.2) is 0 Å². The van der Waals surface area contributed by atoms with E-state index in [0.29, 0.717) is 5.41 Å². The number of alkyl halides is 1. The van der Waals surface area contributed by atoms with E-state index in [1.807, 2.05) is 0 Å². The molecule has 0 bridgehead atoms. The molecule has 54 valence electrons. The van der Waals surface area contributed by atoms with Crippen molar-refractivity contribution in [3.8, 4) is 0 Å². The lowest BCUT2D eigenvalue weighted by Crippen LogP contribution is -2.34. The van der Waals surface area contributed by atoms with Gasteiger partial charge in [-0.3, -0.25) is 0 Å². The highest BCUT2D eigenvalue weighted by Crippen LogP contribution is 2.48. The summed E-state index contributed by atoms with van der Waals surface area (Å²) in [6, 6.07) is 0. The fourth-order valence-electron chi connectivity index (χ4n) is 1.73. The van der Waals surface area contributed by atoms with Crippen LogP contribution in [0.2, 0.25) is 0 Å². The summed E-state index contributed by atoms with van der Waals surface area (Å²) >= 11 is 3.51. The molecule has 0 heterocycles. The maximum atomic E-state index is 3.51. The number of halogens is 1. The van der Waals surface area contributed by atoms with E-state index in [1.54, 1.807) is 0 Å². The minimum absolute atomic E-state index is 0.707. The lowest BCUT2D eigenvalue weighted by atomic mass is 9.63. The summed E-state index contributed by atoms with van der Waals surface area (Å²) in [5.41, 5.74) is 0.707. The van der Waals surface area contributed by atoms with Crippen LogP contribution >= 0.6 is 15.9 Å². The van der Waals surface area contributed by atoms with Gasteiger partial charge in [-0.05, 0) is 24.2 Å². The minimum atomic E-state index is 0.707. The van der Waals surface area contributed by atoms with Crippen LogP contribution in [-0.4, -0.2) is 5.33 Å². The molecule has 0 saturated heterocycles. The Kier molecular flexibility index (Phi) is 2.20. The van der Waals surface area contributed by atoms with Crippen molar-refractivity contribution in [2.24, 2.45) is 11.3 Å². The summed E-state index contributed by atoms with van der Waals surface area (Å²) in [5.74, 6) is 0.981. The third-order valence-electron chi connectivity index (χ3n) is 2.63. The van der Waals surface area contributed by atoms with Gasteiger partial charge in [0.05, 0.1) is 0 Å². The molecule has 0 aromatic heterocycles. The lowest BCUT2D eigenvalue weighted by Gasteiger charge is -2.44. The summed E-state index contributed by atoms with van der Waals surface area (Å²) in [5, 5.41) is 1.21. The molecule has 0 radical (unpaired) electrons. The van der Waals surface area contributed by atoms with E-state index in [1.165, 1.54) is 24.6 Å². The van der Waals surface area contributed by atoms with Gasteiger partial charge in [0.1, 0.15) is 0 Å². The van der Waals surface area contributed by atoms with Crippen LogP contribution in [0.5, 0.6) is 0 Å². The third-order valence-corrected chi connectivity index (χ3v) is 3.55. The van der Waals surface area contributed by atoms with Crippen molar-refractivity contribution in [2.45, 2.75) is 33.1 Å². The van der Waals surface area contributed by atoms with E-state index in [0.717, 1.165) is 5.92 Å². The van der Waals surface area contributed by atoms with E-state index < -0.39 is 0 Å². The van der Waals surface area contributed by atoms with E-state index in [2.05, 4.69) is 29.8 Å². The molecule has 1 heteroatoms. The average molecular weight is 191 g/mol. The number of hydrogen-bond acceptors (Lipinski definition) is 0. The van der Waals surface area contributed by atoms with Crippen molar-refractivity contribution in [1.82, 2.24) is 0 Å². The molecule has 1 aliphatic carbocycles. The first-order chi connectivity index (χ1) is 4.20. The van der Waals surface area contributed by atoms with Crippen LogP contribution in [0.1, 0.15) is 33.1 Å². The Bertz CT molecular complexity index is 92.7. The van der Waals surface area contributed by atoms with Crippen molar-refractivity contribution < 1.29 is 0 Å². The molecule has 1 fully saturated rings. The first-order valence-electron chi connectivity index (χ1n) is 3.76. The highest BCUT2D eigenvalue weighted by molar-refractivity contribution is 9.09. The van der Waals surface area contributed by atoms with Gasteiger partial charge in [-0.1, -0.05) is 36.2 Å². The van der Waals surface area contributed by atoms with E-state index in [-0.39, 0.29) is 0 Å². The van der Waals surface area contributed by atoms with Crippen LogP contribution in [0, 0.1) is 11.3 Å². The van der Waals surface area contributed by atoms with Gasteiger partial charge in [-0.15, -0.1) is 0 Å². The highest BCUT2D eigenvalue weighted by atomic mass is 79.9. The molecule has 0 N–H and O–H groups in total. The predicted octanol–water partition coefficient (Wildman–Crippen LogP) is 3.21. The summed E-state index contributed by atoms with van der Waals surface area (Å²) in [4.78, 5) is 0. The van der Waals surface area contributed by atoms with Crippen molar-refractivity contribution in [3.05, 3.63) is 0 Å². The van der Waals surface area contributed by atoms with Gasteiger partial charge in [-0.2, -0.15) is 0 Å². The van der Waals surface area contributed by atoms with Crippen molar-refractivity contribution in [2.75, 3.05) is 5.33 Å². The van der Waals surface area contributed by atoms with E-state index in [4.69, 9.17) is 0 Å². The van der Waals surface area contributed by atoms with Crippen molar-refractivity contribution in [3.63, 3.8) is 0 Å². The Morgan fingerprint density at radius 3 is 2.44 bits per heavy atom. The summed E-state index contributed by atoms with van der Waals surface area (Å²) in [6.45, 7) is 4.69. The van der Waals surface area contributed by atoms with E-state index in [9.17, 15) is 0 Å². The first kappa shape index (κ1) is 7.59. The molecule has 1 saturated carbocycles. The Labute approximate surface area is 66.2 Å². The van der Waals surface area contributed by atoms with Crippen LogP contribution in [-0.2, 0) is 0 Å². The zero-order valence-electron chi connectivity index (χ0n) is 6.28. The second-order valence-electron chi connectivity index (χ2n) is 3.59. The van der Waals surface area contributed by atoms with Gasteiger partial charge in [-0.25, -0.2) is 0 Å². The van der Waals surface area contributed by atoms with Crippen LogP contribution < -0.4 is 0 Å². The molecule has 0 nitrogen and oxygen atoms in total. The van der Waals surface area contributed by atoms with Crippen LogP contribution in [0.4, 0.5) is 0 Å². The van der Waals surface area contributed by atoms with E-state index >= 15 is 0 Å². The molecule has 0 spiro atoms. The Hall–Kier alpha value is 0.480. The average Bonchev–Trinajstić information content (AvgIpc) is 1.81. The SMILES string of the molecule is CCC1(C)CC(CBr)C1. The largest absolute Gasteiger partial charge is 0.0925 e. The molecule has 0 unspecified atom stereocenters. The number of rotatable bonds is 2. The molecule has 0 amide bonds. The fraction of sp³-hybridized carbons (Fsp3) is 1.00. The molecule has 0 atom stereocenters. The quantitative estimate of drug-likeness (QED) is 0.588. The molecule has 0 aromatic carbocycles. The highest BCUT2D eigenvalue weighted by Gasteiger charge is 2.37. The topological polar surface area (TPSA) is 0 Å². The van der Waals surface area contributed by atoms with Gasteiger partial charge >= 0.3 is 0 Å². The zero-order valence-corrected chi connectivity index (χ0v) is 7.87. The number of hydrogen-bond donors (Lipinski definition) is 0. The molecule has 0 aromatic rings. The molecular formula is C8H15Br. The Morgan fingerprint density at radius 1 is 1.56 bits per heavy atom. The zero-order chi connectivity index (χ0) is 6.91. The standard InChI is InChI=1S/C8H15Br/c1-3-8(2)4-7(5-8)6-9/h7H,3-6H2,1-2H3. The van der Waals surface area contributed by atoms with Gasteiger partial charge < -0.3 is 0 Å². The monoisotopic (exact) mass is 190 g/mol. The molecule has 0 aliphatic heterocycles. The van der Waals surface area contributed by atoms with Gasteiger partial charge in [0.25, 0.3) is 0 Å². The predicted molar refractivity (Wildman–Crippen MR) is 44.9 cm³/mol. The van der Waals surface area contributed by atoms with Crippen LogP contribution in [0.25, 0.3) is 0 Å². The fourth-order valence-corrected chi connectivity index (χ4v) is 2.19.